The van der Waals surface area contributed by atoms with E-state index in [0.717, 1.165) is 24.3 Å². The fourth-order valence-corrected chi connectivity index (χ4v) is 2.39. The van der Waals surface area contributed by atoms with E-state index in [2.05, 4.69) is 0 Å². The number of aromatic hydroxyl groups is 1. The summed E-state index contributed by atoms with van der Waals surface area (Å²) in [6, 6.07) is 7.18. The maximum Gasteiger partial charge on any atom is 0.115 e. The van der Waals surface area contributed by atoms with E-state index in [9.17, 15) is 10.2 Å². The topological polar surface area (TPSA) is 66.5 Å². The molecule has 1 saturated carbocycles. The molecule has 1 unspecified atom stereocenters. The highest BCUT2D eigenvalue weighted by atomic mass is 16.3. The zero-order chi connectivity index (χ0) is 12.3. The lowest BCUT2D eigenvalue weighted by atomic mass is 9.78. The molecule has 1 aromatic rings. The molecule has 0 aliphatic heterocycles. The van der Waals surface area contributed by atoms with Crippen molar-refractivity contribution >= 4 is 0 Å². The Morgan fingerprint density at radius 2 is 1.88 bits per heavy atom. The van der Waals surface area contributed by atoms with Crippen molar-refractivity contribution in [2.75, 3.05) is 13.2 Å². The SMILES string of the molecule is NCC(CO)(Cc1ccc(O)cc1)CC1CC1. The molecular formula is C14H21NO2. The molecule has 0 amide bonds. The highest BCUT2D eigenvalue weighted by molar-refractivity contribution is 5.26. The third kappa shape index (κ3) is 3.20. The maximum atomic E-state index is 9.64. The quantitative estimate of drug-likeness (QED) is 0.702. The van der Waals surface area contributed by atoms with Crippen LogP contribution in [0.15, 0.2) is 24.3 Å². The van der Waals surface area contributed by atoms with E-state index in [1.165, 1.54) is 12.8 Å². The van der Waals surface area contributed by atoms with Crippen molar-refractivity contribution in [3.05, 3.63) is 29.8 Å². The molecule has 0 saturated heterocycles. The highest BCUT2D eigenvalue weighted by Crippen LogP contribution is 2.41. The molecule has 0 aromatic heterocycles. The lowest BCUT2D eigenvalue weighted by Crippen LogP contribution is -2.37. The predicted molar refractivity (Wildman–Crippen MR) is 67.7 cm³/mol. The van der Waals surface area contributed by atoms with Gasteiger partial charge in [0, 0.05) is 12.0 Å². The third-order valence-corrected chi connectivity index (χ3v) is 3.70. The van der Waals surface area contributed by atoms with Crippen molar-refractivity contribution in [3.63, 3.8) is 0 Å². The molecule has 1 atom stereocenters. The molecule has 1 fully saturated rings. The third-order valence-electron chi connectivity index (χ3n) is 3.70. The summed E-state index contributed by atoms with van der Waals surface area (Å²) in [5.74, 6) is 1.03. The van der Waals surface area contributed by atoms with E-state index in [1.807, 2.05) is 12.1 Å². The molecule has 1 aliphatic rings. The molecule has 1 aromatic carbocycles. The molecule has 3 nitrogen and oxygen atoms in total. The molecule has 94 valence electrons. The van der Waals surface area contributed by atoms with E-state index >= 15 is 0 Å². The predicted octanol–water partition coefficient (Wildman–Crippen LogP) is 1.67. The number of rotatable bonds is 6. The lowest BCUT2D eigenvalue weighted by molar-refractivity contribution is 0.115. The summed E-state index contributed by atoms with van der Waals surface area (Å²) in [5, 5.41) is 18.9. The number of phenolic OH excluding ortho intramolecular Hbond substituents is 1. The van der Waals surface area contributed by atoms with Gasteiger partial charge in [0.25, 0.3) is 0 Å². The largest absolute Gasteiger partial charge is 0.508 e. The molecule has 1 aliphatic carbocycles. The number of benzene rings is 1. The first-order valence-electron chi connectivity index (χ1n) is 6.26. The zero-order valence-electron chi connectivity index (χ0n) is 10.1. The van der Waals surface area contributed by atoms with Crippen LogP contribution in [0.4, 0.5) is 0 Å². The number of hydrogen-bond acceptors (Lipinski definition) is 3. The van der Waals surface area contributed by atoms with Crippen molar-refractivity contribution in [1.82, 2.24) is 0 Å². The highest BCUT2D eigenvalue weighted by Gasteiger charge is 2.35. The molecule has 0 radical (unpaired) electrons. The molecule has 17 heavy (non-hydrogen) atoms. The van der Waals surface area contributed by atoms with Crippen molar-refractivity contribution in [2.45, 2.75) is 25.7 Å². The van der Waals surface area contributed by atoms with E-state index in [-0.39, 0.29) is 17.8 Å². The fraction of sp³-hybridized carbons (Fsp3) is 0.571. The molecular weight excluding hydrogens is 214 g/mol. The summed E-state index contributed by atoms with van der Waals surface area (Å²) in [7, 11) is 0. The van der Waals surface area contributed by atoms with Crippen LogP contribution in [-0.4, -0.2) is 23.4 Å². The minimum Gasteiger partial charge on any atom is -0.508 e. The molecule has 0 bridgehead atoms. The van der Waals surface area contributed by atoms with Crippen LogP contribution in [0.5, 0.6) is 5.75 Å². The first-order valence-corrected chi connectivity index (χ1v) is 6.26. The van der Waals surface area contributed by atoms with Crippen LogP contribution in [-0.2, 0) is 6.42 Å². The maximum absolute atomic E-state index is 9.64. The summed E-state index contributed by atoms with van der Waals surface area (Å²) < 4.78 is 0. The Labute approximate surface area is 102 Å². The van der Waals surface area contributed by atoms with Gasteiger partial charge < -0.3 is 15.9 Å². The van der Waals surface area contributed by atoms with E-state index < -0.39 is 0 Å². The van der Waals surface area contributed by atoms with Gasteiger partial charge in [-0.05, 0) is 36.5 Å². The number of aliphatic hydroxyl groups is 1. The normalized spacial score (nSPS) is 18.9. The molecule has 2 rings (SSSR count). The van der Waals surface area contributed by atoms with Gasteiger partial charge in [0.15, 0.2) is 0 Å². The monoisotopic (exact) mass is 235 g/mol. The van der Waals surface area contributed by atoms with Crippen LogP contribution in [0.2, 0.25) is 0 Å². The van der Waals surface area contributed by atoms with Crippen LogP contribution in [0.25, 0.3) is 0 Å². The van der Waals surface area contributed by atoms with E-state index in [1.54, 1.807) is 12.1 Å². The number of nitrogens with two attached hydrogens (primary N) is 1. The standard InChI is InChI=1S/C14H21NO2/c15-9-14(10-16,7-11-1-2-11)8-12-3-5-13(17)6-4-12/h3-6,11,16-17H,1-2,7-10,15H2. The summed E-state index contributed by atoms with van der Waals surface area (Å²) >= 11 is 0. The molecule has 4 N–H and O–H groups in total. The first kappa shape index (κ1) is 12.4. The average Bonchev–Trinajstić information content (AvgIpc) is 3.15. The summed E-state index contributed by atoms with van der Waals surface area (Å²) in [6.45, 7) is 0.655. The molecule has 0 spiro atoms. The number of aliphatic hydroxyl groups excluding tert-OH is 1. The second-order valence-corrected chi connectivity index (χ2v) is 5.35. The smallest absolute Gasteiger partial charge is 0.115 e. The Kier molecular flexibility index (Phi) is 3.69. The first-order chi connectivity index (χ1) is 8.17. The van der Waals surface area contributed by atoms with Crippen molar-refractivity contribution in [3.8, 4) is 5.75 Å². The van der Waals surface area contributed by atoms with Gasteiger partial charge in [-0.15, -0.1) is 0 Å². The Hall–Kier alpha value is -1.06. The van der Waals surface area contributed by atoms with Gasteiger partial charge in [0.05, 0.1) is 6.61 Å². The summed E-state index contributed by atoms with van der Waals surface area (Å²) in [6.07, 6.45) is 4.35. The summed E-state index contributed by atoms with van der Waals surface area (Å²) in [4.78, 5) is 0. The Morgan fingerprint density at radius 1 is 1.24 bits per heavy atom. The van der Waals surface area contributed by atoms with Gasteiger partial charge >= 0.3 is 0 Å². The van der Waals surface area contributed by atoms with E-state index in [4.69, 9.17) is 5.73 Å². The van der Waals surface area contributed by atoms with Crippen LogP contribution < -0.4 is 5.73 Å². The number of phenols is 1. The molecule has 3 heteroatoms. The Morgan fingerprint density at radius 3 is 2.35 bits per heavy atom. The zero-order valence-corrected chi connectivity index (χ0v) is 10.1. The minimum absolute atomic E-state index is 0.140. The van der Waals surface area contributed by atoms with Gasteiger partial charge in [0.1, 0.15) is 5.75 Å². The van der Waals surface area contributed by atoms with Crippen molar-refractivity contribution in [2.24, 2.45) is 17.1 Å². The van der Waals surface area contributed by atoms with Gasteiger partial charge in [0.2, 0.25) is 0 Å². The Balaban J connectivity index is 2.07. The lowest BCUT2D eigenvalue weighted by Gasteiger charge is -2.30. The second-order valence-electron chi connectivity index (χ2n) is 5.35. The minimum atomic E-state index is -0.182. The van der Waals surface area contributed by atoms with Crippen LogP contribution in [0.3, 0.4) is 0 Å². The van der Waals surface area contributed by atoms with Gasteiger partial charge in [-0.2, -0.15) is 0 Å². The van der Waals surface area contributed by atoms with Gasteiger partial charge in [-0.1, -0.05) is 25.0 Å². The van der Waals surface area contributed by atoms with Crippen LogP contribution in [0.1, 0.15) is 24.8 Å². The van der Waals surface area contributed by atoms with Crippen LogP contribution in [0, 0.1) is 11.3 Å². The number of hydrogen-bond donors (Lipinski definition) is 3. The summed E-state index contributed by atoms with van der Waals surface area (Å²) in [5.41, 5.74) is 6.81. The Bertz CT molecular complexity index is 353. The van der Waals surface area contributed by atoms with Gasteiger partial charge in [-0.25, -0.2) is 0 Å². The second kappa shape index (κ2) is 5.07. The van der Waals surface area contributed by atoms with E-state index in [0.29, 0.717) is 6.54 Å². The van der Waals surface area contributed by atoms with Gasteiger partial charge in [-0.3, -0.25) is 0 Å². The fourth-order valence-electron chi connectivity index (χ4n) is 2.39. The van der Waals surface area contributed by atoms with Crippen molar-refractivity contribution in [1.29, 1.82) is 0 Å². The van der Waals surface area contributed by atoms with Crippen molar-refractivity contribution < 1.29 is 10.2 Å². The molecule has 0 heterocycles. The van der Waals surface area contributed by atoms with Crippen LogP contribution >= 0.6 is 0 Å². The average molecular weight is 235 g/mol.